The summed E-state index contributed by atoms with van der Waals surface area (Å²) in [7, 11) is 0. The van der Waals surface area contributed by atoms with Crippen molar-refractivity contribution in [2.24, 2.45) is 0 Å². The third kappa shape index (κ3) is 5.61. The van der Waals surface area contributed by atoms with Gasteiger partial charge in [-0.05, 0) is 26.7 Å². The van der Waals surface area contributed by atoms with Crippen LogP contribution in [0.5, 0.6) is 0 Å². The first-order valence-corrected chi connectivity index (χ1v) is 8.00. The smallest absolute Gasteiger partial charge is 0.317 e. The molecule has 2 amide bonds. The highest BCUT2D eigenvalue weighted by Gasteiger charge is 2.38. The summed E-state index contributed by atoms with van der Waals surface area (Å²) in [6, 6.07) is -0.109. The lowest BCUT2D eigenvalue weighted by Crippen LogP contribution is -2.51. The van der Waals surface area contributed by atoms with Crippen molar-refractivity contribution in [2.45, 2.75) is 63.9 Å². The number of carbonyl (C=O) groups is 1. The molecule has 0 bridgehead atoms. The van der Waals surface area contributed by atoms with E-state index in [9.17, 15) is 9.90 Å². The Morgan fingerprint density at radius 3 is 2.53 bits per heavy atom. The first-order chi connectivity index (χ1) is 8.61. The second kappa shape index (κ2) is 6.35. The fourth-order valence-corrected chi connectivity index (χ4v) is 3.18. The van der Waals surface area contributed by atoms with E-state index in [0.29, 0.717) is 6.54 Å². The van der Waals surface area contributed by atoms with Crippen molar-refractivity contribution < 1.29 is 9.90 Å². The molecule has 2 N–H and O–H groups in total. The molecule has 5 heteroatoms. The topological polar surface area (TPSA) is 52.6 Å². The molecular weight excluding hydrogens is 260 g/mol. The predicted octanol–water partition coefficient (Wildman–Crippen LogP) is 2.46. The number of aliphatic hydroxyl groups is 1. The first-order valence-electron chi connectivity index (χ1n) is 7.02. The molecule has 1 saturated heterocycles. The molecule has 1 unspecified atom stereocenters. The summed E-state index contributed by atoms with van der Waals surface area (Å²) in [5.41, 5.74) is -0.825. The Morgan fingerprint density at radius 1 is 1.37 bits per heavy atom. The Hall–Kier alpha value is -0.420. The molecule has 1 atom stereocenters. The van der Waals surface area contributed by atoms with Crippen molar-refractivity contribution in [3.63, 3.8) is 0 Å². The minimum atomic E-state index is -0.825. The molecule has 0 radical (unpaired) electrons. The SMILES string of the molecule is CC(C)(C)SCCNC(=O)N1CCCC1C(C)(C)O. The van der Waals surface area contributed by atoms with Gasteiger partial charge in [0.15, 0.2) is 0 Å². The standard InChI is InChI=1S/C14H28N2O2S/c1-13(2,3)19-10-8-15-12(17)16-9-6-7-11(16)14(4,5)18/h11,18H,6-10H2,1-5H3,(H,15,17). The van der Waals surface area contributed by atoms with Gasteiger partial charge >= 0.3 is 6.03 Å². The number of hydrogen-bond acceptors (Lipinski definition) is 3. The molecule has 112 valence electrons. The maximum absolute atomic E-state index is 12.1. The zero-order valence-electron chi connectivity index (χ0n) is 12.8. The number of carbonyl (C=O) groups excluding carboxylic acids is 1. The molecule has 1 aliphatic heterocycles. The maximum atomic E-state index is 12.1. The quantitative estimate of drug-likeness (QED) is 0.781. The largest absolute Gasteiger partial charge is 0.388 e. The van der Waals surface area contributed by atoms with Gasteiger partial charge in [-0.3, -0.25) is 0 Å². The molecule has 19 heavy (non-hydrogen) atoms. The van der Waals surface area contributed by atoms with E-state index >= 15 is 0 Å². The van der Waals surface area contributed by atoms with Crippen molar-refractivity contribution in [3.8, 4) is 0 Å². The van der Waals surface area contributed by atoms with Crippen LogP contribution in [0, 0.1) is 0 Å². The Morgan fingerprint density at radius 2 is 2.00 bits per heavy atom. The van der Waals surface area contributed by atoms with Crippen molar-refractivity contribution in [2.75, 3.05) is 18.8 Å². The third-order valence-electron chi connectivity index (χ3n) is 3.24. The van der Waals surface area contributed by atoms with Gasteiger partial charge in [0.05, 0.1) is 11.6 Å². The van der Waals surface area contributed by atoms with Gasteiger partial charge < -0.3 is 15.3 Å². The highest BCUT2D eigenvalue weighted by atomic mass is 32.2. The average Bonchev–Trinajstić information content (AvgIpc) is 2.71. The van der Waals surface area contributed by atoms with E-state index in [2.05, 4.69) is 26.1 Å². The summed E-state index contributed by atoms with van der Waals surface area (Å²) < 4.78 is 0.230. The van der Waals surface area contributed by atoms with Crippen LogP contribution in [0.25, 0.3) is 0 Å². The molecule has 0 saturated carbocycles. The number of likely N-dealkylation sites (tertiary alicyclic amines) is 1. The van der Waals surface area contributed by atoms with Crippen LogP contribution in [0.15, 0.2) is 0 Å². The second-order valence-electron chi connectivity index (χ2n) is 6.70. The number of urea groups is 1. The molecule has 0 aliphatic carbocycles. The third-order valence-corrected chi connectivity index (χ3v) is 4.52. The van der Waals surface area contributed by atoms with E-state index in [-0.39, 0.29) is 16.8 Å². The van der Waals surface area contributed by atoms with E-state index < -0.39 is 5.60 Å². The van der Waals surface area contributed by atoms with Crippen LogP contribution in [0.4, 0.5) is 4.79 Å². The average molecular weight is 288 g/mol. The second-order valence-corrected chi connectivity index (χ2v) is 8.62. The van der Waals surface area contributed by atoms with Crippen LogP contribution in [-0.2, 0) is 0 Å². The highest BCUT2D eigenvalue weighted by Crippen LogP contribution is 2.26. The highest BCUT2D eigenvalue weighted by molar-refractivity contribution is 8.00. The van der Waals surface area contributed by atoms with Gasteiger partial charge in [0.2, 0.25) is 0 Å². The van der Waals surface area contributed by atoms with Crippen molar-refractivity contribution >= 4 is 17.8 Å². The van der Waals surface area contributed by atoms with Crippen LogP contribution in [-0.4, -0.2) is 51.3 Å². The lowest BCUT2D eigenvalue weighted by molar-refractivity contribution is 0.00991. The number of hydrogen-bond donors (Lipinski definition) is 2. The molecule has 1 rings (SSSR count). The molecule has 1 aliphatic rings. The Balaban J connectivity index is 2.37. The minimum absolute atomic E-state index is 0.0425. The van der Waals surface area contributed by atoms with Crippen LogP contribution in [0.3, 0.4) is 0 Å². The van der Waals surface area contributed by atoms with E-state index in [1.807, 2.05) is 11.8 Å². The normalized spacial score (nSPS) is 20.7. The number of amides is 2. The number of nitrogens with one attached hydrogen (secondary N) is 1. The number of rotatable bonds is 4. The molecule has 0 aromatic carbocycles. The Labute approximate surface area is 121 Å². The predicted molar refractivity (Wildman–Crippen MR) is 81.6 cm³/mol. The van der Waals surface area contributed by atoms with Gasteiger partial charge in [0, 0.05) is 23.6 Å². The van der Waals surface area contributed by atoms with Gasteiger partial charge in [-0.2, -0.15) is 11.8 Å². The lowest BCUT2D eigenvalue weighted by atomic mass is 9.97. The van der Waals surface area contributed by atoms with Crippen molar-refractivity contribution in [3.05, 3.63) is 0 Å². The molecular formula is C14H28N2O2S. The first kappa shape index (κ1) is 16.6. The summed E-state index contributed by atoms with van der Waals surface area (Å²) >= 11 is 1.84. The summed E-state index contributed by atoms with van der Waals surface area (Å²) in [5.74, 6) is 0.913. The van der Waals surface area contributed by atoms with Crippen LogP contribution < -0.4 is 5.32 Å². The molecule has 1 heterocycles. The van der Waals surface area contributed by atoms with Gasteiger partial charge in [0.25, 0.3) is 0 Å². The molecule has 0 aromatic heterocycles. The zero-order chi connectivity index (χ0) is 14.7. The Kier molecular flexibility index (Phi) is 5.56. The summed E-state index contributed by atoms with van der Waals surface area (Å²) in [4.78, 5) is 13.9. The van der Waals surface area contributed by atoms with Gasteiger partial charge in [-0.15, -0.1) is 0 Å². The van der Waals surface area contributed by atoms with Crippen LogP contribution in [0.1, 0.15) is 47.5 Å². The Bertz CT molecular complexity index is 308. The van der Waals surface area contributed by atoms with Gasteiger partial charge in [-0.25, -0.2) is 4.79 Å². The van der Waals surface area contributed by atoms with E-state index in [0.717, 1.165) is 25.1 Å². The zero-order valence-corrected chi connectivity index (χ0v) is 13.6. The molecule has 1 fully saturated rings. The fraction of sp³-hybridized carbons (Fsp3) is 0.929. The fourth-order valence-electron chi connectivity index (χ4n) is 2.36. The lowest BCUT2D eigenvalue weighted by Gasteiger charge is -2.33. The number of thioether (sulfide) groups is 1. The molecule has 4 nitrogen and oxygen atoms in total. The van der Waals surface area contributed by atoms with Crippen LogP contribution in [0.2, 0.25) is 0 Å². The van der Waals surface area contributed by atoms with Gasteiger partial charge in [-0.1, -0.05) is 20.8 Å². The van der Waals surface area contributed by atoms with Crippen molar-refractivity contribution in [1.29, 1.82) is 0 Å². The summed E-state index contributed by atoms with van der Waals surface area (Å²) in [5, 5.41) is 13.0. The van der Waals surface area contributed by atoms with E-state index in [4.69, 9.17) is 0 Å². The minimum Gasteiger partial charge on any atom is -0.388 e. The van der Waals surface area contributed by atoms with Crippen molar-refractivity contribution in [1.82, 2.24) is 10.2 Å². The molecule has 0 aromatic rings. The molecule has 0 spiro atoms. The summed E-state index contributed by atoms with van der Waals surface area (Å²) in [6.07, 6.45) is 1.85. The number of nitrogens with zero attached hydrogens (tertiary/aromatic N) is 1. The van der Waals surface area contributed by atoms with E-state index in [1.165, 1.54) is 0 Å². The van der Waals surface area contributed by atoms with Crippen LogP contribution >= 0.6 is 11.8 Å². The monoisotopic (exact) mass is 288 g/mol. The summed E-state index contributed by atoms with van der Waals surface area (Å²) in [6.45, 7) is 11.5. The van der Waals surface area contributed by atoms with Gasteiger partial charge in [0.1, 0.15) is 0 Å². The maximum Gasteiger partial charge on any atom is 0.317 e. The van der Waals surface area contributed by atoms with E-state index in [1.54, 1.807) is 18.7 Å².